The molecule has 120 valence electrons. The van der Waals surface area contributed by atoms with Crippen molar-refractivity contribution in [1.82, 2.24) is 0 Å². The lowest BCUT2D eigenvalue weighted by Gasteiger charge is -2.04. The summed E-state index contributed by atoms with van der Waals surface area (Å²) in [7, 11) is -4.02. The lowest BCUT2D eigenvalue weighted by atomic mass is 10.1. The molecule has 23 heavy (non-hydrogen) atoms. The minimum Gasteiger partial charge on any atom is -0.272 e. The largest absolute Gasteiger partial charge is 0.295 e. The zero-order valence-corrected chi connectivity index (χ0v) is 12.9. The summed E-state index contributed by atoms with van der Waals surface area (Å²) in [6.45, 7) is 1.91. The molecular weight excluding hydrogens is 320 g/mol. The lowest BCUT2D eigenvalue weighted by Crippen LogP contribution is -2.12. The predicted octanol–water partition coefficient (Wildman–Crippen LogP) is 2.00. The Morgan fingerprint density at radius 1 is 1.26 bits per heavy atom. The van der Waals surface area contributed by atoms with Crippen LogP contribution in [0.1, 0.15) is 11.1 Å². The molecule has 0 aromatic heterocycles. The molecule has 2 rings (SSSR count). The summed E-state index contributed by atoms with van der Waals surface area (Å²) in [6, 6.07) is 10.8. The van der Waals surface area contributed by atoms with Gasteiger partial charge in [-0.15, -0.1) is 0 Å². The van der Waals surface area contributed by atoms with Crippen molar-refractivity contribution >= 4 is 27.6 Å². The first kappa shape index (κ1) is 16.6. The van der Waals surface area contributed by atoms with Gasteiger partial charge in [0.15, 0.2) is 0 Å². The van der Waals surface area contributed by atoms with Crippen LogP contribution in [-0.2, 0) is 10.0 Å². The van der Waals surface area contributed by atoms with Gasteiger partial charge in [-0.3, -0.25) is 15.5 Å². The van der Waals surface area contributed by atoms with Gasteiger partial charge in [0.05, 0.1) is 16.0 Å². The van der Waals surface area contributed by atoms with Gasteiger partial charge in [-0.2, -0.15) is 5.10 Å². The molecule has 3 N–H and O–H groups in total. The van der Waals surface area contributed by atoms with Crippen molar-refractivity contribution in [2.24, 2.45) is 10.2 Å². The molecule has 0 aliphatic rings. The van der Waals surface area contributed by atoms with Crippen LogP contribution in [0.3, 0.4) is 0 Å². The van der Waals surface area contributed by atoms with Crippen molar-refractivity contribution in [3.8, 4) is 0 Å². The molecule has 0 saturated heterocycles. The molecule has 0 aliphatic heterocycles. The average molecular weight is 334 g/mol. The van der Waals surface area contributed by atoms with Crippen LogP contribution in [0.15, 0.2) is 52.5 Å². The molecule has 8 nitrogen and oxygen atoms in total. The number of nitro benzene ring substituents is 1. The SMILES string of the molecule is Cc1ccccc1/C=N/Nc1ccc(S(N)(=O)=O)cc1[N+](=O)[O-]. The Bertz CT molecular complexity index is 878. The third kappa shape index (κ3) is 4.11. The van der Waals surface area contributed by atoms with Crippen LogP contribution < -0.4 is 10.6 Å². The second kappa shape index (κ2) is 6.55. The molecule has 0 amide bonds. The Kier molecular flexibility index (Phi) is 4.72. The standard InChI is InChI=1S/C14H14N4O4S/c1-10-4-2-3-5-11(10)9-16-17-13-7-6-12(23(15,21)22)8-14(13)18(19)20/h2-9,17H,1H3,(H2,15,21,22)/b16-9+. The first-order valence-corrected chi connectivity index (χ1v) is 7.99. The van der Waals surface area contributed by atoms with E-state index >= 15 is 0 Å². The maximum Gasteiger partial charge on any atom is 0.295 e. The number of hydrogen-bond donors (Lipinski definition) is 2. The van der Waals surface area contributed by atoms with Crippen molar-refractivity contribution in [1.29, 1.82) is 0 Å². The minimum atomic E-state index is -4.02. The van der Waals surface area contributed by atoms with E-state index in [2.05, 4.69) is 10.5 Å². The third-order valence-electron chi connectivity index (χ3n) is 3.07. The lowest BCUT2D eigenvalue weighted by molar-refractivity contribution is -0.384. The summed E-state index contributed by atoms with van der Waals surface area (Å²) in [5, 5.41) is 20.0. The monoisotopic (exact) mass is 334 g/mol. The average Bonchev–Trinajstić information content (AvgIpc) is 2.48. The molecule has 0 unspecified atom stereocenters. The summed E-state index contributed by atoms with van der Waals surface area (Å²) < 4.78 is 22.5. The zero-order valence-electron chi connectivity index (χ0n) is 12.1. The van der Waals surface area contributed by atoms with Crippen LogP contribution in [-0.4, -0.2) is 19.6 Å². The fourth-order valence-corrected chi connectivity index (χ4v) is 2.37. The van der Waals surface area contributed by atoms with E-state index in [1.54, 1.807) is 0 Å². The number of nitrogens with zero attached hydrogens (tertiary/aromatic N) is 2. The number of hydrogen-bond acceptors (Lipinski definition) is 6. The molecular formula is C14H14N4O4S. The van der Waals surface area contributed by atoms with E-state index in [9.17, 15) is 18.5 Å². The molecule has 0 heterocycles. The number of benzene rings is 2. The maximum absolute atomic E-state index is 11.3. The Hall–Kier alpha value is -2.78. The highest BCUT2D eigenvalue weighted by molar-refractivity contribution is 7.89. The molecule has 0 aliphatic carbocycles. The molecule has 0 saturated carbocycles. The zero-order chi connectivity index (χ0) is 17.0. The van der Waals surface area contributed by atoms with Crippen LogP contribution in [0.2, 0.25) is 0 Å². The predicted molar refractivity (Wildman–Crippen MR) is 86.9 cm³/mol. The molecule has 2 aromatic carbocycles. The van der Waals surface area contributed by atoms with Gasteiger partial charge in [0, 0.05) is 6.07 Å². The second-order valence-corrected chi connectivity index (χ2v) is 6.27. The quantitative estimate of drug-likeness (QED) is 0.491. The van der Waals surface area contributed by atoms with E-state index in [0.717, 1.165) is 17.2 Å². The van der Waals surface area contributed by atoms with Gasteiger partial charge < -0.3 is 0 Å². The highest BCUT2D eigenvalue weighted by atomic mass is 32.2. The van der Waals surface area contributed by atoms with Crippen molar-refractivity contribution in [2.75, 3.05) is 5.43 Å². The number of nitrogens with two attached hydrogens (primary N) is 1. The number of sulfonamides is 1. The summed E-state index contributed by atoms with van der Waals surface area (Å²) >= 11 is 0. The van der Waals surface area contributed by atoms with Crippen LogP contribution in [0, 0.1) is 17.0 Å². The van der Waals surface area contributed by atoms with Crippen LogP contribution >= 0.6 is 0 Å². The van der Waals surface area contributed by atoms with Gasteiger partial charge in [-0.1, -0.05) is 24.3 Å². The Morgan fingerprint density at radius 2 is 1.96 bits per heavy atom. The van der Waals surface area contributed by atoms with Crippen molar-refractivity contribution in [3.63, 3.8) is 0 Å². The number of aryl methyl sites for hydroxylation is 1. The Labute approximate surface area is 132 Å². The van der Waals surface area contributed by atoms with Gasteiger partial charge in [-0.25, -0.2) is 13.6 Å². The van der Waals surface area contributed by atoms with Crippen LogP contribution in [0.4, 0.5) is 11.4 Å². The summed E-state index contributed by atoms with van der Waals surface area (Å²) in [5.41, 5.74) is 4.02. The van der Waals surface area contributed by atoms with E-state index < -0.39 is 20.6 Å². The first-order valence-electron chi connectivity index (χ1n) is 6.45. The minimum absolute atomic E-state index is 0.0623. The van der Waals surface area contributed by atoms with Crippen molar-refractivity contribution in [2.45, 2.75) is 11.8 Å². The maximum atomic E-state index is 11.3. The van der Waals surface area contributed by atoms with Crippen LogP contribution in [0.25, 0.3) is 0 Å². The third-order valence-corrected chi connectivity index (χ3v) is 3.98. The van der Waals surface area contributed by atoms with Crippen molar-refractivity contribution in [3.05, 3.63) is 63.7 Å². The summed E-state index contributed by atoms with van der Waals surface area (Å²) in [6.07, 6.45) is 1.52. The normalized spacial score (nSPS) is 11.6. The van der Waals surface area contributed by atoms with Gasteiger partial charge in [0.25, 0.3) is 5.69 Å². The van der Waals surface area contributed by atoms with E-state index in [0.29, 0.717) is 0 Å². The number of nitrogens with one attached hydrogen (secondary N) is 1. The number of rotatable bonds is 5. The number of nitro groups is 1. The molecule has 0 atom stereocenters. The summed E-state index contributed by atoms with van der Waals surface area (Å²) in [5.74, 6) is 0. The second-order valence-electron chi connectivity index (χ2n) is 4.71. The van der Waals surface area contributed by atoms with E-state index in [-0.39, 0.29) is 10.6 Å². The van der Waals surface area contributed by atoms with Gasteiger partial charge >= 0.3 is 0 Å². The Balaban J connectivity index is 2.30. The van der Waals surface area contributed by atoms with E-state index in [1.165, 1.54) is 18.3 Å². The van der Waals surface area contributed by atoms with Crippen molar-refractivity contribution < 1.29 is 13.3 Å². The van der Waals surface area contributed by atoms with E-state index in [1.807, 2.05) is 31.2 Å². The smallest absolute Gasteiger partial charge is 0.272 e. The molecule has 0 spiro atoms. The topological polar surface area (TPSA) is 128 Å². The number of anilines is 1. The highest BCUT2D eigenvalue weighted by Crippen LogP contribution is 2.27. The summed E-state index contributed by atoms with van der Waals surface area (Å²) in [4.78, 5) is 10.0. The van der Waals surface area contributed by atoms with Gasteiger partial charge in [-0.05, 0) is 30.2 Å². The highest BCUT2D eigenvalue weighted by Gasteiger charge is 2.18. The molecule has 0 fully saturated rings. The van der Waals surface area contributed by atoms with Gasteiger partial charge in [0.2, 0.25) is 10.0 Å². The fourth-order valence-electron chi connectivity index (χ4n) is 1.84. The van der Waals surface area contributed by atoms with E-state index in [4.69, 9.17) is 5.14 Å². The number of hydrazone groups is 1. The molecule has 0 radical (unpaired) electrons. The molecule has 2 aromatic rings. The Morgan fingerprint density at radius 3 is 2.57 bits per heavy atom. The molecule has 9 heteroatoms. The number of primary sulfonamides is 1. The fraction of sp³-hybridized carbons (Fsp3) is 0.0714. The van der Waals surface area contributed by atoms with Crippen LogP contribution in [0.5, 0.6) is 0 Å². The molecule has 0 bridgehead atoms. The first-order chi connectivity index (χ1) is 10.8. The van der Waals surface area contributed by atoms with Gasteiger partial charge in [0.1, 0.15) is 5.69 Å².